The number of aromatic nitrogens is 1. The van der Waals surface area contributed by atoms with Gasteiger partial charge in [-0.3, -0.25) is 9.59 Å². The Balaban J connectivity index is 1.68. The van der Waals surface area contributed by atoms with Gasteiger partial charge in [-0.05, 0) is 68.7 Å². The number of hydrogen-bond donors (Lipinski definition) is 6. The van der Waals surface area contributed by atoms with E-state index in [0.29, 0.717) is 40.7 Å². The van der Waals surface area contributed by atoms with Crippen LogP contribution in [-0.2, 0) is 27.0 Å². The highest BCUT2D eigenvalue weighted by molar-refractivity contribution is 6.02. The number of hydrogen-bond acceptors (Lipinski definition) is 6. The van der Waals surface area contributed by atoms with E-state index in [1.165, 1.54) is 12.1 Å². The van der Waals surface area contributed by atoms with Crippen molar-refractivity contribution in [2.75, 3.05) is 11.9 Å². The molecule has 180 valence electrons. The summed E-state index contributed by atoms with van der Waals surface area (Å²) in [4.78, 5) is 25.0. The number of carbonyl (C=O) groups excluding carboxylic acids is 1. The van der Waals surface area contributed by atoms with Gasteiger partial charge in [0.25, 0.3) is 0 Å². The molecule has 0 bridgehead atoms. The number of aliphatic hydroxyl groups is 2. The van der Waals surface area contributed by atoms with Gasteiger partial charge in [-0.2, -0.15) is 0 Å². The standard InChI is InChI=1S/C25H28N2O7/c1-24(2,23(33)34)21-10-14-9-16(4-5-18(14)27(21)12-17(29)13-28)26-22(32)25(7-8-25)15-3-6-19(30)20(31)11-15/h3-6,9-11,17,28-31H,7-8,12-13H2,1-2H3,(H,26,32)(H,33,34)/t17-/m1/s1. The maximum atomic E-state index is 13.1. The first kappa shape index (κ1) is 23.6. The predicted molar refractivity (Wildman–Crippen MR) is 125 cm³/mol. The number of benzene rings is 2. The summed E-state index contributed by atoms with van der Waals surface area (Å²) in [5.74, 6) is -1.80. The molecule has 9 nitrogen and oxygen atoms in total. The average Bonchev–Trinajstić information content (AvgIpc) is 3.53. The van der Waals surface area contributed by atoms with Crippen molar-refractivity contribution in [3.63, 3.8) is 0 Å². The number of phenols is 2. The third-order valence-electron chi connectivity index (χ3n) is 6.65. The number of aromatic hydroxyl groups is 2. The number of nitrogens with zero attached hydrogens (tertiary/aromatic N) is 1. The van der Waals surface area contributed by atoms with Crippen molar-refractivity contribution in [3.8, 4) is 11.5 Å². The second-order valence-corrected chi connectivity index (χ2v) is 9.42. The minimum absolute atomic E-state index is 0.0191. The van der Waals surface area contributed by atoms with E-state index in [2.05, 4.69) is 5.32 Å². The van der Waals surface area contributed by atoms with E-state index >= 15 is 0 Å². The van der Waals surface area contributed by atoms with Crippen molar-refractivity contribution in [1.29, 1.82) is 0 Å². The molecule has 0 unspecified atom stereocenters. The third-order valence-corrected chi connectivity index (χ3v) is 6.65. The number of aliphatic hydroxyl groups excluding tert-OH is 2. The van der Waals surface area contributed by atoms with Gasteiger partial charge in [0.15, 0.2) is 11.5 Å². The summed E-state index contributed by atoms with van der Waals surface area (Å²) in [5, 5.41) is 52.1. The molecule has 2 aromatic carbocycles. The summed E-state index contributed by atoms with van der Waals surface area (Å²) in [6, 6.07) is 11.3. The molecule has 0 radical (unpaired) electrons. The number of carboxylic acids is 1. The van der Waals surface area contributed by atoms with Crippen LogP contribution < -0.4 is 5.32 Å². The van der Waals surface area contributed by atoms with Crippen LogP contribution in [0.4, 0.5) is 5.69 Å². The van der Waals surface area contributed by atoms with Gasteiger partial charge in [-0.1, -0.05) is 6.07 Å². The number of nitrogens with one attached hydrogen (secondary N) is 1. The highest BCUT2D eigenvalue weighted by Crippen LogP contribution is 2.50. The number of carboxylic acid groups (broad SMARTS) is 1. The molecule has 34 heavy (non-hydrogen) atoms. The van der Waals surface area contributed by atoms with Gasteiger partial charge in [0.1, 0.15) is 5.41 Å². The second kappa shape index (κ2) is 8.34. The molecule has 1 saturated carbocycles. The van der Waals surface area contributed by atoms with Crippen molar-refractivity contribution >= 4 is 28.5 Å². The number of carbonyl (C=O) groups is 2. The topological polar surface area (TPSA) is 152 Å². The lowest BCUT2D eigenvalue weighted by Gasteiger charge is -2.23. The lowest BCUT2D eigenvalue weighted by Crippen LogP contribution is -2.33. The monoisotopic (exact) mass is 468 g/mol. The number of fused-ring (bicyclic) bond motifs is 1. The maximum absolute atomic E-state index is 13.1. The van der Waals surface area contributed by atoms with Crippen molar-refractivity contribution < 1.29 is 35.1 Å². The van der Waals surface area contributed by atoms with Gasteiger partial charge < -0.3 is 35.4 Å². The van der Waals surface area contributed by atoms with E-state index in [1.807, 2.05) is 0 Å². The smallest absolute Gasteiger partial charge is 0.315 e. The van der Waals surface area contributed by atoms with Gasteiger partial charge in [-0.15, -0.1) is 0 Å². The van der Waals surface area contributed by atoms with Crippen molar-refractivity contribution in [3.05, 3.63) is 53.7 Å². The molecular formula is C25H28N2O7. The zero-order valence-corrected chi connectivity index (χ0v) is 18.9. The van der Waals surface area contributed by atoms with E-state index in [9.17, 15) is 35.1 Å². The number of rotatable bonds is 8. The van der Waals surface area contributed by atoms with Gasteiger partial charge >= 0.3 is 5.97 Å². The third kappa shape index (κ3) is 3.97. The fourth-order valence-electron chi connectivity index (χ4n) is 4.28. The maximum Gasteiger partial charge on any atom is 0.315 e. The van der Waals surface area contributed by atoms with E-state index < -0.39 is 29.5 Å². The highest BCUT2D eigenvalue weighted by Gasteiger charge is 2.51. The van der Waals surface area contributed by atoms with Crippen molar-refractivity contribution in [2.24, 2.45) is 0 Å². The van der Waals surface area contributed by atoms with Gasteiger partial charge in [0.2, 0.25) is 5.91 Å². The van der Waals surface area contributed by atoms with Crippen LogP contribution >= 0.6 is 0 Å². The molecule has 0 saturated heterocycles. The fourth-order valence-corrected chi connectivity index (χ4v) is 4.28. The van der Waals surface area contributed by atoms with E-state index in [4.69, 9.17) is 0 Å². The summed E-state index contributed by atoms with van der Waals surface area (Å²) < 4.78 is 1.68. The van der Waals surface area contributed by atoms with Crippen molar-refractivity contribution in [1.82, 2.24) is 4.57 Å². The molecule has 1 aromatic heterocycles. The molecule has 3 aromatic rings. The molecule has 1 aliphatic carbocycles. The van der Waals surface area contributed by atoms with E-state index in [1.54, 1.807) is 48.7 Å². The summed E-state index contributed by atoms with van der Waals surface area (Å²) in [5.41, 5.74) is 0.232. The Morgan fingerprint density at radius 3 is 2.38 bits per heavy atom. The molecule has 1 aliphatic rings. The minimum atomic E-state index is -1.25. The largest absolute Gasteiger partial charge is 0.504 e. The molecule has 9 heteroatoms. The second-order valence-electron chi connectivity index (χ2n) is 9.42. The molecule has 1 amide bonds. The Morgan fingerprint density at radius 1 is 1.09 bits per heavy atom. The summed E-state index contributed by atoms with van der Waals surface area (Å²) >= 11 is 0. The average molecular weight is 469 g/mol. The van der Waals surface area contributed by atoms with Crippen LogP contribution in [0.2, 0.25) is 0 Å². The van der Waals surface area contributed by atoms with Gasteiger partial charge in [-0.25, -0.2) is 0 Å². The van der Waals surface area contributed by atoms with Crippen LogP contribution in [-0.4, -0.2) is 54.7 Å². The van der Waals surface area contributed by atoms with Crippen LogP contribution in [0.1, 0.15) is 37.9 Å². The molecule has 0 aliphatic heterocycles. The number of phenolic OH excluding ortho intramolecular Hbond substituents is 2. The number of amides is 1. The molecular weight excluding hydrogens is 440 g/mol. The van der Waals surface area contributed by atoms with Crippen LogP contribution in [0.25, 0.3) is 10.9 Å². The zero-order valence-electron chi connectivity index (χ0n) is 18.9. The Hall–Kier alpha value is -3.56. The van der Waals surface area contributed by atoms with Crippen LogP contribution in [0.15, 0.2) is 42.5 Å². The van der Waals surface area contributed by atoms with Gasteiger partial charge in [0.05, 0.1) is 24.7 Å². The van der Waals surface area contributed by atoms with Gasteiger partial charge in [0, 0.05) is 22.3 Å². The van der Waals surface area contributed by atoms with Crippen LogP contribution in [0.5, 0.6) is 11.5 Å². The predicted octanol–water partition coefficient (Wildman–Crippen LogP) is 2.44. The Kier molecular flexibility index (Phi) is 5.79. The molecule has 1 heterocycles. The molecule has 1 fully saturated rings. The first-order valence-corrected chi connectivity index (χ1v) is 11.0. The molecule has 6 N–H and O–H groups in total. The minimum Gasteiger partial charge on any atom is -0.504 e. The number of aliphatic carboxylic acids is 1. The fraction of sp³-hybridized carbons (Fsp3) is 0.360. The Bertz CT molecular complexity index is 1270. The van der Waals surface area contributed by atoms with Crippen molar-refractivity contribution in [2.45, 2.75) is 50.2 Å². The quantitative estimate of drug-likeness (QED) is 0.278. The summed E-state index contributed by atoms with van der Waals surface area (Å²) in [6.07, 6.45) is 0.157. The zero-order chi connectivity index (χ0) is 24.8. The lowest BCUT2D eigenvalue weighted by molar-refractivity contribution is -0.142. The summed E-state index contributed by atoms with van der Waals surface area (Å²) in [7, 11) is 0. The van der Waals surface area contributed by atoms with Crippen LogP contribution in [0, 0.1) is 0 Å². The van der Waals surface area contributed by atoms with E-state index in [-0.39, 0.29) is 24.0 Å². The summed E-state index contributed by atoms with van der Waals surface area (Å²) in [6.45, 7) is 2.69. The lowest BCUT2D eigenvalue weighted by atomic mass is 9.89. The first-order chi connectivity index (χ1) is 16.0. The van der Waals surface area contributed by atoms with Crippen LogP contribution in [0.3, 0.4) is 0 Å². The normalized spacial score (nSPS) is 15.8. The Labute approximate surface area is 195 Å². The molecule has 1 atom stereocenters. The highest BCUT2D eigenvalue weighted by atomic mass is 16.4. The molecule has 0 spiro atoms. The first-order valence-electron chi connectivity index (χ1n) is 11.0. The van der Waals surface area contributed by atoms with E-state index in [0.717, 1.165) is 0 Å². The molecule has 4 rings (SSSR count). The number of anilines is 1. The SMILES string of the molecule is CC(C)(C(=O)O)c1cc2cc(NC(=O)C3(c4ccc(O)c(O)c4)CC3)ccc2n1C[C@@H](O)CO. The Morgan fingerprint density at radius 2 is 1.79 bits per heavy atom.